The number of aliphatic hydroxyl groups is 1. The molecule has 7 heteroatoms. The first kappa shape index (κ1) is 29.5. The molecule has 0 aliphatic rings. The van der Waals surface area contributed by atoms with E-state index in [4.69, 9.17) is 4.74 Å². The molecule has 0 aliphatic heterocycles. The molecule has 37 heavy (non-hydrogen) atoms. The van der Waals surface area contributed by atoms with Crippen LogP contribution in [0.25, 0.3) is 0 Å². The monoisotopic (exact) mass is 506 g/mol. The van der Waals surface area contributed by atoms with Gasteiger partial charge in [0.2, 0.25) is 11.8 Å². The fraction of sp³-hybridized carbons (Fsp3) is 0.367. The van der Waals surface area contributed by atoms with Crippen molar-refractivity contribution in [2.75, 3.05) is 13.2 Å². The highest BCUT2D eigenvalue weighted by molar-refractivity contribution is 5.86. The van der Waals surface area contributed by atoms with Crippen LogP contribution in [-0.4, -0.2) is 42.1 Å². The van der Waals surface area contributed by atoms with E-state index in [0.717, 1.165) is 17.5 Å². The van der Waals surface area contributed by atoms with Crippen molar-refractivity contribution in [2.45, 2.75) is 50.7 Å². The van der Waals surface area contributed by atoms with E-state index >= 15 is 0 Å². The number of unbranched alkanes of at least 4 members (excludes halogenated alkanes) is 1. The maximum atomic E-state index is 13.0. The summed E-state index contributed by atoms with van der Waals surface area (Å²) in [5, 5.41) is 15.4. The minimum Gasteiger partial charge on any atom is -0.456 e. The molecular formula is C30H38N2O5. The lowest BCUT2D eigenvalue weighted by atomic mass is 9.98. The van der Waals surface area contributed by atoms with Gasteiger partial charge in [-0.15, -0.1) is 13.2 Å². The molecule has 2 amide bonds. The van der Waals surface area contributed by atoms with E-state index in [-0.39, 0.29) is 43.8 Å². The largest absolute Gasteiger partial charge is 0.456 e. The van der Waals surface area contributed by atoms with Crippen LogP contribution in [0.2, 0.25) is 0 Å². The number of carbonyl (C=O) groups excluding carboxylic acids is 3. The van der Waals surface area contributed by atoms with E-state index in [1.807, 2.05) is 60.7 Å². The van der Waals surface area contributed by atoms with Gasteiger partial charge in [-0.1, -0.05) is 72.8 Å². The van der Waals surface area contributed by atoms with Crippen molar-refractivity contribution in [3.05, 3.63) is 97.1 Å². The van der Waals surface area contributed by atoms with Gasteiger partial charge in [0, 0.05) is 12.8 Å². The number of carbonyl (C=O) groups is 3. The molecule has 3 N–H and O–H groups in total. The molecule has 0 aromatic heterocycles. The molecule has 0 fully saturated rings. The van der Waals surface area contributed by atoms with Crippen LogP contribution < -0.4 is 10.6 Å². The van der Waals surface area contributed by atoms with Crippen LogP contribution in [0.4, 0.5) is 0 Å². The van der Waals surface area contributed by atoms with Crippen LogP contribution in [-0.2, 0) is 25.5 Å². The number of nitrogens with one attached hydrogen (secondary N) is 2. The quantitative estimate of drug-likeness (QED) is 0.171. The first-order valence-corrected chi connectivity index (χ1v) is 12.6. The molecule has 0 bridgehead atoms. The van der Waals surface area contributed by atoms with Crippen molar-refractivity contribution in [2.24, 2.45) is 5.92 Å². The number of rotatable bonds is 17. The molecule has 2 aromatic rings. The SMILES string of the molecule is C=CCCCC(=O)OC(CNC(=O)C(CC=C)CC(=O)NC(CO)Cc1ccccc1)c1ccccc1. The smallest absolute Gasteiger partial charge is 0.306 e. The van der Waals surface area contributed by atoms with Crippen molar-refractivity contribution >= 4 is 17.8 Å². The highest BCUT2D eigenvalue weighted by Crippen LogP contribution is 2.19. The maximum Gasteiger partial charge on any atom is 0.306 e. The van der Waals surface area contributed by atoms with Crippen LogP contribution in [0.1, 0.15) is 49.3 Å². The predicted octanol–water partition coefficient (Wildman–Crippen LogP) is 4.05. The number of ether oxygens (including phenoxy) is 1. The van der Waals surface area contributed by atoms with Gasteiger partial charge in [0.05, 0.1) is 25.1 Å². The highest BCUT2D eigenvalue weighted by atomic mass is 16.5. The van der Waals surface area contributed by atoms with E-state index in [1.165, 1.54) is 0 Å². The minimum absolute atomic E-state index is 0.0551. The fourth-order valence-electron chi connectivity index (χ4n) is 3.90. The number of aliphatic hydroxyl groups excluding tert-OH is 1. The van der Waals surface area contributed by atoms with Crippen molar-refractivity contribution in [3.63, 3.8) is 0 Å². The van der Waals surface area contributed by atoms with Crippen LogP contribution >= 0.6 is 0 Å². The van der Waals surface area contributed by atoms with E-state index < -0.39 is 18.1 Å². The standard InChI is InChI=1S/C30H38N2O5/c1-3-5-8-18-29(35)37-27(24-16-11-7-12-17-24)21-31-30(36)25(13-4-2)20-28(34)32-26(22-33)19-23-14-9-6-10-15-23/h3-4,6-7,9-12,14-17,25-27,33H,1-2,5,8,13,18-22H2,(H,31,36)(H,32,34). The summed E-state index contributed by atoms with van der Waals surface area (Å²) < 4.78 is 5.66. The summed E-state index contributed by atoms with van der Waals surface area (Å²) in [5.74, 6) is -1.65. The average molecular weight is 507 g/mol. The van der Waals surface area contributed by atoms with E-state index in [9.17, 15) is 19.5 Å². The average Bonchev–Trinajstić information content (AvgIpc) is 2.91. The van der Waals surface area contributed by atoms with E-state index in [0.29, 0.717) is 19.3 Å². The van der Waals surface area contributed by atoms with Gasteiger partial charge in [-0.2, -0.15) is 0 Å². The summed E-state index contributed by atoms with van der Waals surface area (Å²) in [6.45, 7) is 7.24. The molecular weight excluding hydrogens is 468 g/mol. The molecule has 0 aliphatic carbocycles. The van der Waals surface area contributed by atoms with Gasteiger partial charge in [0.25, 0.3) is 0 Å². The molecule has 0 heterocycles. The van der Waals surface area contributed by atoms with Crippen LogP contribution in [0.3, 0.4) is 0 Å². The normalized spacial score (nSPS) is 13.0. The van der Waals surface area contributed by atoms with Gasteiger partial charge in [-0.3, -0.25) is 14.4 Å². The van der Waals surface area contributed by atoms with E-state index in [1.54, 1.807) is 12.2 Å². The topological polar surface area (TPSA) is 105 Å². The number of amides is 2. The Labute approximate surface area is 219 Å². The molecule has 7 nitrogen and oxygen atoms in total. The lowest BCUT2D eigenvalue weighted by Crippen LogP contribution is -2.42. The Morgan fingerprint density at radius 3 is 2.27 bits per heavy atom. The number of esters is 1. The Morgan fingerprint density at radius 1 is 0.973 bits per heavy atom. The molecule has 0 spiro atoms. The third-order valence-electron chi connectivity index (χ3n) is 5.86. The third kappa shape index (κ3) is 11.3. The summed E-state index contributed by atoms with van der Waals surface area (Å²) in [7, 11) is 0. The Morgan fingerprint density at radius 2 is 1.65 bits per heavy atom. The predicted molar refractivity (Wildman–Crippen MR) is 144 cm³/mol. The first-order chi connectivity index (χ1) is 18.0. The lowest BCUT2D eigenvalue weighted by molar-refractivity contribution is -0.150. The second-order valence-corrected chi connectivity index (χ2v) is 8.88. The van der Waals surface area contributed by atoms with Crippen LogP contribution in [0, 0.1) is 5.92 Å². The summed E-state index contributed by atoms with van der Waals surface area (Å²) in [6, 6.07) is 18.3. The lowest BCUT2D eigenvalue weighted by Gasteiger charge is -2.22. The van der Waals surface area contributed by atoms with Crippen LogP contribution in [0.15, 0.2) is 86.0 Å². The zero-order valence-corrected chi connectivity index (χ0v) is 21.3. The zero-order chi connectivity index (χ0) is 26.9. The maximum absolute atomic E-state index is 13.0. The third-order valence-corrected chi connectivity index (χ3v) is 5.86. The van der Waals surface area contributed by atoms with Crippen molar-refractivity contribution < 1.29 is 24.2 Å². The number of allylic oxidation sites excluding steroid dienone is 2. The molecule has 0 radical (unpaired) electrons. The number of benzene rings is 2. The second kappa shape index (κ2) is 16.9. The van der Waals surface area contributed by atoms with Gasteiger partial charge >= 0.3 is 5.97 Å². The second-order valence-electron chi connectivity index (χ2n) is 8.88. The highest BCUT2D eigenvalue weighted by Gasteiger charge is 2.24. The molecule has 3 atom stereocenters. The number of hydrogen-bond acceptors (Lipinski definition) is 5. The summed E-state index contributed by atoms with van der Waals surface area (Å²) >= 11 is 0. The molecule has 0 saturated carbocycles. The zero-order valence-electron chi connectivity index (χ0n) is 21.3. The molecule has 2 aromatic carbocycles. The summed E-state index contributed by atoms with van der Waals surface area (Å²) in [5.41, 5.74) is 1.76. The number of hydrogen-bond donors (Lipinski definition) is 3. The molecule has 3 unspecified atom stereocenters. The van der Waals surface area contributed by atoms with Gasteiger partial charge < -0.3 is 20.5 Å². The Hall–Kier alpha value is -3.71. The summed E-state index contributed by atoms with van der Waals surface area (Å²) in [6.07, 6.45) is 5.06. The van der Waals surface area contributed by atoms with Crippen molar-refractivity contribution in [1.82, 2.24) is 10.6 Å². The Kier molecular flexibility index (Phi) is 13.5. The first-order valence-electron chi connectivity index (χ1n) is 12.6. The van der Waals surface area contributed by atoms with Gasteiger partial charge in [-0.25, -0.2) is 0 Å². The van der Waals surface area contributed by atoms with Gasteiger partial charge in [-0.05, 0) is 36.8 Å². The Bertz CT molecular complexity index is 994. The molecule has 0 saturated heterocycles. The van der Waals surface area contributed by atoms with Gasteiger partial charge in [0.1, 0.15) is 6.10 Å². The fourth-order valence-corrected chi connectivity index (χ4v) is 3.90. The summed E-state index contributed by atoms with van der Waals surface area (Å²) in [4.78, 5) is 38.1. The van der Waals surface area contributed by atoms with Crippen LogP contribution in [0.5, 0.6) is 0 Å². The van der Waals surface area contributed by atoms with Crippen molar-refractivity contribution in [1.29, 1.82) is 0 Å². The Balaban J connectivity index is 1.97. The van der Waals surface area contributed by atoms with Gasteiger partial charge in [0.15, 0.2) is 0 Å². The molecule has 198 valence electrons. The minimum atomic E-state index is -0.649. The van der Waals surface area contributed by atoms with E-state index in [2.05, 4.69) is 23.8 Å². The molecule has 2 rings (SSSR count). The van der Waals surface area contributed by atoms with Crippen molar-refractivity contribution in [3.8, 4) is 0 Å².